The highest BCUT2D eigenvalue weighted by molar-refractivity contribution is 9.10. The van der Waals surface area contributed by atoms with Crippen molar-refractivity contribution in [2.75, 3.05) is 11.5 Å². The van der Waals surface area contributed by atoms with Gasteiger partial charge in [-0.1, -0.05) is 34.1 Å². The molecule has 0 radical (unpaired) electrons. The van der Waals surface area contributed by atoms with Gasteiger partial charge in [-0.05, 0) is 37.1 Å². The minimum atomic E-state index is 0.430. The lowest BCUT2D eigenvalue weighted by molar-refractivity contribution is 0.452. The van der Waals surface area contributed by atoms with Gasteiger partial charge in [0, 0.05) is 22.3 Å². The largest absolute Gasteiger partial charge is 0.307 e. The second-order valence-electron chi connectivity index (χ2n) is 4.32. The fourth-order valence-corrected chi connectivity index (χ4v) is 3.85. The Labute approximate surface area is 111 Å². The van der Waals surface area contributed by atoms with E-state index in [-0.39, 0.29) is 0 Å². The molecular weight excluding hydrogens is 282 g/mol. The Morgan fingerprint density at radius 2 is 2.25 bits per heavy atom. The minimum absolute atomic E-state index is 0.430. The third-order valence-corrected chi connectivity index (χ3v) is 4.96. The molecule has 1 saturated heterocycles. The molecule has 1 N–H and O–H groups in total. The van der Waals surface area contributed by atoms with Crippen LogP contribution in [0.1, 0.15) is 31.4 Å². The molecule has 88 valence electrons. The van der Waals surface area contributed by atoms with Gasteiger partial charge in [-0.15, -0.1) is 0 Å². The van der Waals surface area contributed by atoms with Crippen LogP contribution in [0.15, 0.2) is 28.7 Å². The maximum Gasteiger partial charge on any atom is 0.0305 e. The Hall–Kier alpha value is 0.01000. The van der Waals surface area contributed by atoms with Gasteiger partial charge in [0.2, 0.25) is 0 Å². The number of halogens is 1. The van der Waals surface area contributed by atoms with Crippen LogP contribution < -0.4 is 5.32 Å². The van der Waals surface area contributed by atoms with Crippen molar-refractivity contribution in [3.8, 4) is 0 Å². The molecule has 1 aliphatic heterocycles. The summed E-state index contributed by atoms with van der Waals surface area (Å²) >= 11 is 5.69. The molecule has 2 unspecified atom stereocenters. The average Bonchev–Trinajstić information content (AvgIpc) is 2.31. The molecule has 0 aliphatic carbocycles. The van der Waals surface area contributed by atoms with Gasteiger partial charge in [0.15, 0.2) is 0 Å². The van der Waals surface area contributed by atoms with E-state index in [4.69, 9.17) is 0 Å². The molecule has 2 rings (SSSR count). The number of rotatable bonds is 3. The highest BCUT2D eigenvalue weighted by Crippen LogP contribution is 2.25. The summed E-state index contributed by atoms with van der Waals surface area (Å²) in [7, 11) is 0. The molecule has 1 aromatic carbocycles. The van der Waals surface area contributed by atoms with Crippen LogP contribution in [0.3, 0.4) is 0 Å². The second kappa shape index (κ2) is 6.08. The standard InChI is InChI=1S/C13H18BrNS/c1-10(12-6-2-3-7-13(12)14)15-11-5-4-8-16-9-11/h2-3,6-7,10-11,15H,4-5,8-9H2,1H3. The van der Waals surface area contributed by atoms with Crippen molar-refractivity contribution in [1.29, 1.82) is 0 Å². The fourth-order valence-electron chi connectivity index (χ4n) is 2.14. The van der Waals surface area contributed by atoms with Crippen molar-refractivity contribution in [2.24, 2.45) is 0 Å². The highest BCUT2D eigenvalue weighted by atomic mass is 79.9. The number of hydrogen-bond donors (Lipinski definition) is 1. The first-order chi connectivity index (χ1) is 7.77. The van der Waals surface area contributed by atoms with E-state index in [1.165, 1.54) is 34.4 Å². The van der Waals surface area contributed by atoms with Crippen LogP contribution in [0.5, 0.6) is 0 Å². The Morgan fingerprint density at radius 1 is 1.44 bits per heavy atom. The number of hydrogen-bond acceptors (Lipinski definition) is 2. The summed E-state index contributed by atoms with van der Waals surface area (Å²) in [6.45, 7) is 2.25. The predicted molar refractivity (Wildman–Crippen MR) is 76.0 cm³/mol. The van der Waals surface area contributed by atoms with Crippen LogP contribution in [-0.2, 0) is 0 Å². The highest BCUT2D eigenvalue weighted by Gasteiger charge is 2.17. The van der Waals surface area contributed by atoms with Crippen LogP contribution in [0.25, 0.3) is 0 Å². The van der Waals surface area contributed by atoms with E-state index in [9.17, 15) is 0 Å². The van der Waals surface area contributed by atoms with Gasteiger partial charge in [-0.3, -0.25) is 0 Å². The lowest BCUT2D eigenvalue weighted by Crippen LogP contribution is -2.35. The normalized spacial score (nSPS) is 23.0. The van der Waals surface area contributed by atoms with E-state index in [1.807, 2.05) is 0 Å². The fraction of sp³-hybridized carbons (Fsp3) is 0.538. The van der Waals surface area contributed by atoms with E-state index in [1.54, 1.807) is 0 Å². The molecule has 1 nitrogen and oxygen atoms in total. The first-order valence-electron chi connectivity index (χ1n) is 5.85. The maximum atomic E-state index is 3.73. The van der Waals surface area contributed by atoms with Gasteiger partial charge in [0.1, 0.15) is 0 Å². The predicted octanol–water partition coefficient (Wildman–Crippen LogP) is 4.00. The van der Waals surface area contributed by atoms with Gasteiger partial charge in [-0.25, -0.2) is 0 Å². The lowest BCUT2D eigenvalue weighted by Gasteiger charge is -2.27. The van der Waals surface area contributed by atoms with Crippen LogP contribution >= 0.6 is 27.7 Å². The zero-order valence-electron chi connectivity index (χ0n) is 9.58. The van der Waals surface area contributed by atoms with Crippen LogP contribution in [0.4, 0.5) is 0 Å². The van der Waals surface area contributed by atoms with E-state index in [0.717, 1.165) is 0 Å². The van der Waals surface area contributed by atoms with Crippen LogP contribution in [0.2, 0.25) is 0 Å². The molecule has 1 heterocycles. The maximum absolute atomic E-state index is 3.73. The molecule has 2 atom stereocenters. The van der Waals surface area contributed by atoms with E-state index in [2.05, 4.69) is 64.2 Å². The van der Waals surface area contributed by atoms with Crippen molar-refractivity contribution in [3.05, 3.63) is 34.3 Å². The Morgan fingerprint density at radius 3 is 2.94 bits per heavy atom. The van der Waals surface area contributed by atoms with Crippen molar-refractivity contribution < 1.29 is 0 Å². The van der Waals surface area contributed by atoms with E-state index in [0.29, 0.717) is 12.1 Å². The summed E-state index contributed by atoms with van der Waals surface area (Å²) in [6, 6.07) is 9.59. The van der Waals surface area contributed by atoms with E-state index >= 15 is 0 Å². The van der Waals surface area contributed by atoms with Crippen LogP contribution in [0, 0.1) is 0 Å². The molecular formula is C13H18BrNS. The molecule has 0 bridgehead atoms. The van der Waals surface area contributed by atoms with Crippen molar-refractivity contribution in [2.45, 2.75) is 31.8 Å². The number of benzene rings is 1. The van der Waals surface area contributed by atoms with Gasteiger partial charge in [-0.2, -0.15) is 11.8 Å². The Balaban J connectivity index is 1.96. The summed E-state index contributed by atoms with van der Waals surface area (Å²) in [6.07, 6.45) is 2.67. The van der Waals surface area contributed by atoms with Gasteiger partial charge in [0.25, 0.3) is 0 Å². The van der Waals surface area contributed by atoms with Crippen molar-refractivity contribution in [3.63, 3.8) is 0 Å². The minimum Gasteiger partial charge on any atom is -0.307 e. The SMILES string of the molecule is CC(NC1CCCSC1)c1ccccc1Br. The quantitative estimate of drug-likeness (QED) is 0.905. The molecule has 1 fully saturated rings. The number of thioether (sulfide) groups is 1. The Bertz CT molecular complexity index is 336. The third-order valence-electron chi connectivity index (χ3n) is 3.02. The summed E-state index contributed by atoms with van der Waals surface area (Å²) < 4.78 is 1.21. The summed E-state index contributed by atoms with van der Waals surface area (Å²) in [5.74, 6) is 2.59. The summed E-state index contributed by atoms with van der Waals surface area (Å²) in [4.78, 5) is 0. The van der Waals surface area contributed by atoms with Gasteiger partial charge >= 0.3 is 0 Å². The lowest BCUT2D eigenvalue weighted by atomic mass is 10.1. The van der Waals surface area contributed by atoms with E-state index < -0.39 is 0 Å². The molecule has 1 aromatic rings. The summed E-state index contributed by atoms with van der Waals surface area (Å²) in [5, 5.41) is 3.73. The van der Waals surface area contributed by atoms with Crippen molar-refractivity contribution >= 4 is 27.7 Å². The molecule has 16 heavy (non-hydrogen) atoms. The zero-order chi connectivity index (χ0) is 11.4. The van der Waals surface area contributed by atoms with Gasteiger partial charge in [0.05, 0.1) is 0 Å². The molecule has 3 heteroatoms. The Kier molecular flexibility index (Phi) is 4.74. The second-order valence-corrected chi connectivity index (χ2v) is 6.33. The molecule has 0 saturated carbocycles. The first kappa shape index (κ1) is 12.5. The van der Waals surface area contributed by atoms with Gasteiger partial charge < -0.3 is 5.32 Å². The summed E-state index contributed by atoms with van der Waals surface area (Å²) in [5.41, 5.74) is 1.36. The molecule has 0 spiro atoms. The number of nitrogens with one attached hydrogen (secondary N) is 1. The smallest absolute Gasteiger partial charge is 0.0305 e. The molecule has 1 aliphatic rings. The third kappa shape index (κ3) is 3.25. The average molecular weight is 300 g/mol. The monoisotopic (exact) mass is 299 g/mol. The molecule has 0 amide bonds. The first-order valence-corrected chi connectivity index (χ1v) is 7.80. The van der Waals surface area contributed by atoms with Crippen molar-refractivity contribution in [1.82, 2.24) is 5.32 Å². The topological polar surface area (TPSA) is 12.0 Å². The molecule has 0 aromatic heterocycles. The van der Waals surface area contributed by atoms with Crippen LogP contribution in [-0.4, -0.2) is 17.5 Å². The zero-order valence-corrected chi connectivity index (χ0v) is 12.0.